The Morgan fingerprint density at radius 1 is 1.12 bits per heavy atom. The van der Waals surface area contributed by atoms with Gasteiger partial charge in [0.05, 0.1) is 6.04 Å². The summed E-state index contributed by atoms with van der Waals surface area (Å²) >= 11 is 3.48. The summed E-state index contributed by atoms with van der Waals surface area (Å²) < 4.78 is 56.7. The molecule has 24 heavy (non-hydrogen) atoms. The van der Waals surface area contributed by atoms with Gasteiger partial charge in [-0.25, -0.2) is 0 Å². The van der Waals surface area contributed by atoms with Gasteiger partial charge in [-0.05, 0) is 36.6 Å². The minimum Gasteiger partial charge on any atom is -0.428 e. The van der Waals surface area contributed by atoms with E-state index < -0.39 is 12.5 Å². The van der Waals surface area contributed by atoms with E-state index in [1.165, 1.54) is 12.1 Å². The third-order valence-electron chi connectivity index (χ3n) is 3.93. The van der Waals surface area contributed by atoms with Crippen molar-refractivity contribution in [3.05, 3.63) is 58.1 Å². The van der Waals surface area contributed by atoms with Crippen LogP contribution in [0.4, 0.5) is 23.2 Å². The number of ether oxygens (including phenoxy) is 1. The number of alkyl halides is 4. The van der Waals surface area contributed by atoms with E-state index in [0.717, 1.165) is 22.1 Å². The zero-order chi connectivity index (χ0) is 17.3. The molecule has 2 aromatic rings. The van der Waals surface area contributed by atoms with Crippen LogP contribution in [0.5, 0.6) is 5.75 Å². The molecule has 0 saturated carbocycles. The van der Waals surface area contributed by atoms with Crippen LogP contribution in [-0.2, 0) is 6.42 Å². The predicted octanol–water partition coefficient (Wildman–Crippen LogP) is 5.79. The molecule has 0 aromatic heterocycles. The number of rotatable bonds is 4. The lowest BCUT2D eigenvalue weighted by molar-refractivity contribution is -0.253. The van der Waals surface area contributed by atoms with E-state index in [9.17, 15) is 17.6 Å². The van der Waals surface area contributed by atoms with Crippen molar-refractivity contribution in [3.8, 4) is 5.75 Å². The molecule has 0 aliphatic carbocycles. The Kier molecular flexibility index (Phi) is 4.71. The van der Waals surface area contributed by atoms with Gasteiger partial charge in [-0.15, -0.1) is 0 Å². The van der Waals surface area contributed by atoms with Gasteiger partial charge in [0.1, 0.15) is 5.75 Å². The smallest absolute Gasteiger partial charge is 0.428 e. The molecule has 128 valence electrons. The van der Waals surface area contributed by atoms with Crippen molar-refractivity contribution < 1.29 is 22.3 Å². The van der Waals surface area contributed by atoms with Crippen molar-refractivity contribution >= 4 is 21.6 Å². The molecule has 0 bridgehead atoms. The van der Waals surface area contributed by atoms with Gasteiger partial charge in [-0.2, -0.15) is 17.6 Å². The van der Waals surface area contributed by atoms with Crippen molar-refractivity contribution in [3.63, 3.8) is 0 Å². The third-order valence-corrected chi connectivity index (χ3v) is 4.67. The van der Waals surface area contributed by atoms with E-state index in [1.807, 2.05) is 18.2 Å². The number of nitrogens with one attached hydrogen (secondary N) is 1. The SMILES string of the molecule is FC(F)C(F)(F)Oc1ccccc1C1CCc2c(Br)cccc2N1. The van der Waals surface area contributed by atoms with Crippen molar-refractivity contribution in [2.45, 2.75) is 31.4 Å². The van der Waals surface area contributed by atoms with Gasteiger partial charge in [0, 0.05) is 15.7 Å². The van der Waals surface area contributed by atoms with Gasteiger partial charge >= 0.3 is 12.5 Å². The average molecular weight is 404 g/mol. The van der Waals surface area contributed by atoms with Crippen LogP contribution in [0.2, 0.25) is 0 Å². The number of hydrogen-bond acceptors (Lipinski definition) is 2. The Morgan fingerprint density at radius 2 is 1.88 bits per heavy atom. The lowest BCUT2D eigenvalue weighted by atomic mass is 9.93. The Bertz CT molecular complexity index is 738. The fourth-order valence-corrected chi connectivity index (χ4v) is 3.35. The van der Waals surface area contributed by atoms with E-state index in [0.29, 0.717) is 12.0 Å². The second-order valence-electron chi connectivity index (χ2n) is 5.50. The van der Waals surface area contributed by atoms with Gasteiger partial charge in [-0.3, -0.25) is 0 Å². The van der Waals surface area contributed by atoms with Crippen LogP contribution in [0.3, 0.4) is 0 Å². The maximum absolute atomic E-state index is 13.3. The fourth-order valence-electron chi connectivity index (χ4n) is 2.78. The van der Waals surface area contributed by atoms with Crippen LogP contribution < -0.4 is 10.1 Å². The summed E-state index contributed by atoms with van der Waals surface area (Å²) in [5.74, 6) is -0.237. The molecule has 1 aliphatic rings. The summed E-state index contributed by atoms with van der Waals surface area (Å²) in [7, 11) is 0. The molecule has 0 saturated heterocycles. The van der Waals surface area contributed by atoms with Crippen molar-refractivity contribution in [1.29, 1.82) is 0 Å². The zero-order valence-electron chi connectivity index (χ0n) is 12.4. The first kappa shape index (κ1) is 17.1. The summed E-state index contributed by atoms with van der Waals surface area (Å²) in [6, 6.07) is 11.4. The van der Waals surface area contributed by atoms with Crippen LogP contribution in [0.25, 0.3) is 0 Å². The molecule has 1 aliphatic heterocycles. The van der Waals surface area contributed by atoms with Crippen LogP contribution in [0.15, 0.2) is 46.9 Å². The zero-order valence-corrected chi connectivity index (χ0v) is 14.0. The Hall–Kier alpha value is -1.76. The van der Waals surface area contributed by atoms with E-state index in [1.54, 1.807) is 12.1 Å². The number of halogens is 5. The van der Waals surface area contributed by atoms with Crippen molar-refractivity contribution in [1.82, 2.24) is 0 Å². The Labute approximate surface area is 145 Å². The predicted molar refractivity (Wildman–Crippen MR) is 86.8 cm³/mol. The molecular formula is C17H14BrF4NO. The van der Waals surface area contributed by atoms with Crippen LogP contribution in [-0.4, -0.2) is 12.5 Å². The minimum absolute atomic E-state index is 0.237. The number of fused-ring (bicyclic) bond motifs is 1. The van der Waals surface area contributed by atoms with Crippen LogP contribution >= 0.6 is 15.9 Å². The van der Waals surface area contributed by atoms with Crippen LogP contribution in [0, 0.1) is 0 Å². The number of benzene rings is 2. The van der Waals surface area contributed by atoms with Gasteiger partial charge in [0.15, 0.2) is 0 Å². The van der Waals surface area contributed by atoms with Gasteiger partial charge in [0.2, 0.25) is 0 Å². The summed E-state index contributed by atoms with van der Waals surface area (Å²) in [4.78, 5) is 0. The maximum Gasteiger partial charge on any atom is 0.461 e. The second-order valence-corrected chi connectivity index (χ2v) is 6.36. The number of hydrogen-bond donors (Lipinski definition) is 1. The minimum atomic E-state index is -4.52. The first-order valence-electron chi connectivity index (χ1n) is 7.36. The fraction of sp³-hybridized carbons (Fsp3) is 0.294. The van der Waals surface area contributed by atoms with Gasteiger partial charge < -0.3 is 10.1 Å². The standard InChI is InChI=1S/C17H14BrF4NO/c18-12-5-3-6-13-10(12)8-9-14(23-13)11-4-1-2-7-15(11)24-17(21,22)16(19)20/h1-7,14,16,23H,8-9H2. The Balaban J connectivity index is 1.89. The molecule has 2 nitrogen and oxygen atoms in total. The summed E-state index contributed by atoms with van der Waals surface area (Å²) in [5.41, 5.74) is 2.42. The highest BCUT2D eigenvalue weighted by Crippen LogP contribution is 2.40. The third kappa shape index (κ3) is 3.36. The Morgan fingerprint density at radius 3 is 2.62 bits per heavy atom. The van der Waals surface area contributed by atoms with E-state index in [2.05, 4.69) is 26.0 Å². The molecular weight excluding hydrogens is 390 g/mol. The summed E-state index contributed by atoms with van der Waals surface area (Å²) in [6.45, 7) is 0. The summed E-state index contributed by atoms with van der Waals surface area (Å²) in [5, 5.41) is 3.27. The second kappa shape index (κ2) is 6.63. The average Bonchev–Trinajstić information content (AvgIpc) is 2.55. The molecule has 1 heterocycles. The van der Waals surface area contributed by atoms with E-state index in [-0.39, 0.29) is 11.8 Å². The lowest BCUT2D eigenvalue weighted by Gasteiger charge is -2.30. The largest absolute Gasteiger partial charge is 0.461 e. The first-order valence-corrected chi connectivity index (χ1v) is 8.15. The van der Waals surface area contributed by atoms with Crippen molar-refractivity contribution in [2.24, 2.45) is 0 Å². The number of para-hydroxylation sites is 1. The molecule has 0 fully saturated rings. The molecule has 0 amide bonds. The maximum atomic E-state index is 13.3. The van der Waals surface area contributed by atoms with Crippen molar-refractivity contribution in [2.75, 3.05) is 5.32 Å². The van der Waals surface area contributed by atoms with E-state index in [4.69, 9.17) is 0 Å². The van der Waals surface area contributed by atoms with Crippen LogP contribution in [0.1, 0.15) is 23.6 Å². The molecule has 1 N–H and O–H groups in total. The molecule has 7 heteroatoms. The quantitative estimate of drug-likeness (QED) is 0.652. The van der Waals surface area contributed by atoms with Gasteiger partial charge in [-0.1, -0.05) is 40.2 Å². The highest BCUT2D eigenvalue weighted by atomic mass is 79.9. The highest BCUT2D eigenvalue weighted by Gasteiger charge is 2.44. The monoisotopic (exact) mass is 403 g/mol. The molecule has 0 radical (unpaired) electrons. The first-order chi connectivity index (χ1) is 11.4. The number of anilines is 1. The lowest BCUT2D eigenvalue weighted by Crippen LogP contribution is -2.34. The molecule has 1 atom stereocenters. The summed E-state index contributed by atoms with van der Waals surface area (Å²) in [6.07, 6.45) is -7.04. The molecule has 3 rings (SSSR count). The molecule has 2 aromatic carbocycles. The van der Waals surface area contributed by atoms with Gasteiger partial charge in [0.25, 0.3) is 0 Å². The topological polar surface area (TPSA) is 21.3 Å². The van der Waals surface area contributed by atoms with E-state index >= 15 is 0 Å². The molecule has 1 unspecified atom stereocenters. The highest BCUT2D eigenvalue weighted by molar-refractivity contribution is 9.10. The molecule has 0 spiro atoms. The normalized spacial score (nSPS) is 17.3.